The predicted octanol–water partition coefficient (Wildman–Crippen LogP) is 2.20. The first-order valence-corrected chi connectivity index (χ1v) is 7.50. The maximum Gasteiger partial charge on any atom is 0.307 e. The van der Waals surface area contributed by atoms with Gasteiger partial charge in [0.1, 0.15) is 5.82 Å². The third-order valence-corrected chi connectivity index (χ3v) is 4.89. The van der Waals surface area contributed by atoms with Crippen LogP contribution in [0.4, 0.5) is 4.39 Å². The van der Waals surface area contributed by atoms with Gasteiger partial charge in [-0.3, -0.25) is 9.59 Å². The van der Waals surface area contributed by atoms with Crippen molar-refractivity contribution in [3.63, 3.8) is 0 Å². The Morgan fingerprint density at radius 2 is 2.15 bits per heavy atom. The molecule has 0 saturated heterocycles. The van der Waals surface area contributed by atoms with Crippen LogP contribution in [0.5, 0.6) is 0 Å². The van der Waals surface area contributed by atoms with Crippen molar-refractivity contribution in [1.29, 1.82) is 0 Å². The van der Waals surface area contributed by atoms with Crippen LogP contribution >= 0.6 is 11.8 Å². The first-order valence-electron chi connectivity index (χ1n) is 6.51. The molecule has 20 heavy (non-hydrogen) atoms. The van der Waals surface area contributed by atoms with Gasteiger partial charge in [0.25, 0.3) is 0 Å². The maximum absolute atomic E-state index is 13.3. The summed E-state index contributed by atoms with van der Waals surface area (Å²) in [5, 5.41) is 11.7. The van der Waals surface area contributed by atoms with E-state index in [2.05, 4.69) is 5.32 Å². The highest BCUT2D eigenvalue weighted by Gasteiger charge is 2.48. The second-order valence-electron chi connectivity index (χ2n) is 5.17. The fourth-order valence-corrected chi connectivity index (χ4v) is 3.66. The van der Waals surface area contributed by atoms with Crippen molar-refractivity contribution in [2.75, 3.05) is 5.75 Å². The van der Waals surface area contributed by atoms with Gasteiger partial charge >= 0.3 is 5.97 Å². The third-order valence-electron chi connectivity index (χ3n) is 3.77. The van der Waals surface area contributed by atoms with Gasteiger partial charge in [-0.1, -0.05) is 0 Å². The molecule has 1 heterocycles. The smallest absolute Gasteiger partial charge is 0.307 e. The summed E-state index contributed by atoms with van der Waals surface area (Å²) < 4.78 is 13.3. The van der Waals surface area contributed by atoms with Gasteiger partial charge in [-0.15, -0.1) is 11.8 Å². The fourth-order valence-electron chi connectivity index (χ4n) is 2.55. The summed E-state index contributed by atoms with van der Waals surface area (Å²) in [4.78, 5) is 23.8. The average molecular weight is 295 g/mol. The lowest BCUT2D eigenvalue weighted by Gasteiger charge is -2.26. The number of benzene rings is 1. The number of hydrogen-bond acceptors (Lipinski definition) is 3. The van der Waals surface area contributed by atoms with Gasteiger partial charge in [0.15, 0.2) is 0 Å². The second kappa shape index (κ2) is 5.09. The van der Waals surface area contributed by atoms with Crippen molar-refractivity contribution in [2.24, 2.45) is 11.8 Å². The number of nitrogens with one attached hydrogen (secondary N) is 1. The number of thioether (sulfide) groups is 1. The molecule has 1 fully saturated rings. The molecule has 1 aliphatic carbocycles. The van der Waals surface area contributed by atoms with Crippen molar-refractivity contribution in [3.05, 3.63) is 29.6 Å². The number of carboxylic acids is 1. The van der Waals surface area contributed by atoms with Gasteiger partial charge in [-0.05, 0) is 36.6 Å². The van der Waals surface area contributed by atoms with Gasteiger partial charge in [0, 0.05) is 10.6 Å². The molecule has 0 bridgehead atoms. The molecule has 4 nitrogen and oxygen atoms in total. The molecule has 3 unspecified atom stereocenters. The lowest BCUT2D eigenvalue weighted by Crippen LogP contribution is -2.32. The summed E-state index contributed by atoms with van der Waals surface area (Å²) >= 11 is 1.65. The molecule has 2 N–H and O–H groups in total. The minimum Gasteiger partial charge on any atom is -0.481 e. The number of carbonyl (C=O) groups is 2. The first-order chi connectivity index (χ1) is 9.56. The Labute approximate surface area is 119 Å². The first kappa shape index (κ1) is 13.4. The van der Waals surface area contributed by atoms with Crippen LogP contribution in [0.2, 0.25) is 0 Å². The quantitative estimate of drug-likeness (QED) is 0.897. The van der Waals surface area contributed by atoms with Crippen molar-refractivity contribution < 1.29 is 19.1 Å². The zero-order valence-corrected chi connectivity index (χ0v) is 11.5. The summed E-state index contributed by atoms with van der Waals surface area (Å²) in [6, 6.07) is 4.38. The SMILES string of the molecule is O=C(O)C1CC1C(=O)NC1CCSc2ccc(F)cc21. The van der Waals surface area contributed by atoms with E-state index in [4.69, 9.17) is 5.11 Å². The number of carboxylic acid groups (broad SMARTS) is 1. The van der Waals surface area contributed by atoms with E-state index >= 15 is 0 Å². The van der Waals surface area contributed by atoms with Crippen LogP contribution in [-0.4, -0.2) is 22.7 Å². The van der Waals surface area contributed by atoms with Crippen LogP contribution in [0.3, 0.4) is 0 Å². The highest BCUT2D eigenvalue weighted by molar-refractivity contribution is 7.99. The molecular weight excluding hydrogens is 281 g/mol. The molecule has 3 rings (SSSR count). The number of carbonyl (C=O) groups excluding carboxylic acids is 1. The number of aliphatic carboxylic acids is 1. The molecule has 0 radical (unpaired) electrons. The minimum atomic E-state index is -0.921. The van der Waals surface area contributed by atoms with Gasteiger partial charge in [0.2, 0.25) is 5.91 Å². The predicted molar refractivity (Wildman–Crippen MR) is 71.9 cm³/mol. The van der Waals surface area contributed by atoms with E-state index in [1.165, 1.54) is 12.1 Å². The van der Waals surface area contributed by atoms with E-state index in [0.717, 1.165) is 22.6 Å². The molecule has 1 amide bonds. The van der Waals surface area contributed by atoms with E-state index in [-0.39, 0.29) is 17.8 Å². The van der Waals surface area contributed by atoms with E-state index in [1.807, 2.05) is 0 Å². The Morgan fingerprint density at radius 3 is 2.85 bits per heavy atom. The van der Waals surface area contributed by atoms with Crippen LogP contribution in [0.25, 0.3) is 0 Å². The Bertz CT molecular complexity index is 578. The summed E-state index contributed by atoms with van der Waals surface area (Å²) in [6.07, 6.45) is 1.13. The lowest BCUT2D eigenvalue weighted by atomic mass is 10.0. The summed E-state index contributed by atoms with van der Waals surface area (Å²) in [5.74, 6) is -1.60. The zero-order chi connectivity index (χ0) is 14.3. The molecule has 1 saturated carbocycles. The van der Waals surface area contributed by atoms with Gasteiger partial charge in [0.05, 0.1) is 17.9 Å². The van der Waals surface area contributed by atoms with Crippen molar-refractivity contribution in [1.82, 2.24) is 5.32 Å². The lowest BCUT2D eigenvalue weighted by molar-refractivity contribution is -0.140. The van der Waals surface area contributed by atoms with Crippen molar-refractivity contribution in [3.8, 4) is 0 Å². The number of rotatable bonds is 3. The summed E-state index contributed by atoms with van der Waals surface area (Å²) in [7, 11) is 0. The molecular formula is C14H14FNO3S. The summed E-state index contributed by atoms with van der Waals surface area (Å²) in [6.45, 7) is 0. The fraction of sp³-hybridized carbons (Fsp3) is 0.429. The third kappa shape index (κ3) is 2.52. The largest absolute Gasteiger partial charge is 0.481 e. The molecule has 1 aliphatic heterocycles. The highest BCUT2D eigenvalue weighted by atomic mass is 32.2. The molecule has 2 aliphatic rings. The van der Waals surface area contributed by atoms with Crippen LogP contribution in [0.15, 0.2) is 23.1 Å². The highest BCUT2D eigenvalue weighted by Crippen LogP contribution is 2.41. The van der Waals surface area contributed by atoms with Crippen LogP contribution < -0.4 is 5.32 Å². The topological polar surface area (TPSA) is 66.4 Å². The number of fused-ring (bicyclic) bond motifs is 1. The standard InChI is InChI=1S/C14H14FNO3S/c15-7-1-2-12-10(5-7)11(3-4-20-12)16-13(17)8-6-9(8)14(18)19/h1-2,5,8-9,11H,3-4,6H2,(H,16,17)(H,18,19). The Morgan fingerprint density at radius 1 is 1.35 bits per heavy atom. The van der Waals surface area contributed by atoms with Crippen molar-refractivity contribution in [2.45, 2.75) is 23.8 Å². The molecule has 0 spiro atoms. The van der Waals surface area contributed by atoms with E-state index in [0.29, 0.717) is 6.42 Å². The Hall–Kier alpha value is -1.56. The minimum absolute atomic E-state index is 0.218. The maximum atomic E-state index is 13.3. The average Bonchev–Trinajstić information content (AvgIpc) is 3.20. The normalized spacial score (nSPS) is 27.6. The Kier molecular flexibility index (Phi) is 3.41. The van der Waals surface area contributed by atoms with E-state index in [9.17, 15) is 14.0 Å². The number of amides is 1. The number of hydrogen-bond donors (Lipinski definition) is 2. The monoisotopic (exact) mass is 295 g/mol. The van der Waals surface area contributed by atoms with Crippen molar-refractivity contribution >= 4 is 23.6 Å². The molecule has 106 valence electrons. The van der Waals surface area contributed by atoms with Gasteiger partial charge < -0.3 is 10.4 Å². The molecule has 1 aromatic rings. The molecule has 1 aromatic carbocycles. The zero-order valence-electron chi connectivity index (χ0n) is 10.6. The van der Waals surface area contributed by atoms with Crippen LogP contribution in [0.1, 0.15) is 24.4 Å². The van der Waals surface area contributed by atoms with Gasteiger partial charge in [-0.25, -0.2) is 4.39 Å². The molecule has 6 heteroatoms. The van der Waals surface area contributed by atoms with Gasteiger partial charge in [-0.2, -0.15) is 0 Å². The molecule has 0 aromatic heterocycles. The van der Waals surface area contributed by atoms with E-state index in [1.54, 1.807) is 17.8 Å². The van der Waals surface area contributed by atoms with E-state index < -0.39 is 17.8 Å². The Balaban J connectivity index is 1.72. The van der Waals surface area contributed by atoms with Crippen LogP contribution in [-0.2, 0) is 9.59 Å². The number of halogens is 1. The molecule has 3 atom stereocenters. The van der Waals surface area contributed by atoms with Crippen LogP contribution in [0, 0.1) is 17.7 Å². The summed E-state index contributed by atoms with van der Waals surface area (Å²) in [5.41, 5.74) is 0.794. The second-order valence-corrected chi connectivity index (χ2v) is 6.30.